The van der Waals surface area contributed by atoms with Crippen LogP contribution in [0.25, 0.3) is 22.2 Å². The van der Waals surface area contributed by atoms with Crippen molar-refractivity contribution in [2.75, 3.05) is 20.6 Å². The fourth-order valence-corrected chi connectivity index (χ4v) is 4.22. The lowest BCUT2D eigenvalue weighted by molar-refractivity contribution is 0.521. The highest BCUT2D eigenvalue weighted by Gasteiger charge is 2.22. The van der Waals surface area contributed by atoms with Gasteiger partial charge >= 0.3 is 0 Å². The van der Waals surface area contributed by atoms with E-state index in [0.717, 1.165) is 4.31 Å². The maximum atomic E-state index is 14.1. The Morgan fingerprint density at radius 1 is 1.32 bits per heavy atom. The molecule has 9 heteroatoms. The Hall–Kier alpha value is -2.26. The minimum Gasteiger partial charge on any atom is -0.327 e. The summed E-state index contributed by atoms with van der Waals surface area (Å²) < 4.78 is 41.8. The summed E-state index contributed by atoms with van der Waals surface area (Å²) in [6, 6.07) is 9.97. The molecule has 0 aliphatic carbocycles. The van der Waals surface area contributed by atoms with Gasteiger partial charge in [-0.15, -0.1) is 0 Å². The molecule has 0 aliphatic heterocycles. The third kappa shape index (κ3) is 3.68. The second-order valence-corrected chi connectivity index (χ2v) is 8.83. The summed E-state index contributed by atoms with van der Waals surface area (Å²) in [6.45, 7) is -0.00782. The summed E-state index contributed by atoms with van der Waals surface area (Å²) >= 11 is 6.60. The van der Waals surface area contributed by atoms with Gasteiger partial charge in [-0.3, -0.25) is 4.98 Å². The van der Waals surface area contributed by atoms with E-state index in [9.17, 15) is 12.8 Å². The molecular weight excluding hydrogens is 403 g/mol. The number of nitrogens with zero attached hydrogens (tertiary/aromatic N) is 3. The molecule has 3 aromatic rings. The zero-order chi connectivity index (χ0) is 20.5. The fourth-order valence-electron chi connectivity index (χ4n) is 2.92. The second kappa shape index (κ2) is 8.00. The zero-order valence-electron chi connectivity index (χ0n) is 15.4. The first-order valence-electron chi connectivity index (χ1n) is 8.47. The van der Waals surface area contributed by atoms with E-state index in [-0.39, 0.29) is 23.1 Å². The Balaban J connectivity index is 2.23. The molecule has 0 saturated heterocycles. The van der Waals surface area contributed by atoms with Gasteiger partial charge in [-0.25, -0.2) is 17.1 Å². The summed E-state index contributed by atoms with van der Waals surface area (Å²) in [4.78, 5) is 4.52. The molecule has 0 unspecified atom stereocenters. The van der Waals surface area contributed by atoms with Crippen LogP contribution in [0.2, 0.25) is 5.15 Å². The topological polar surface area (TPSA) is 81.2 Å². The maximum Gasteiger partial charge on any atom is 0.242 e. The molecule has 148 valence electrons. The lowest BCUT2D eigenvalue weighted by Gasteiger charge is -2.12. The van der Waals surface area contributed by atoms with Gasteiger partial charge in [-0.05, 0) is 35.9 Å². The molecule has 0 fully saturated rings. The van der Waals surface area contributed by atoms with Crippen molar-refractivity contribution in [3.63, 3.8) is 0 Å². The Morgan fingerprint density at radius 3 is 2.75 bits per heavy atom. The minimum atomic E-state index is -3.61. The summed E-state index contributed by atoms with van der Waals surface area (Å²) in [5, 5.41) is 0.272. The first-order chi connectivity index (χ1) is 13.3. The first kappa shape index (κ1) is 20.5. The van der Waals surface area contributed by atoms with Crippen molar-refractivity contribution < 1.29 is 12.8 Å². The first-order valence-corrected chi connectivity index (χ1v) is 10.3. The molecule has 0 saturated carbocycles. The predicted molar refractivity (Wildman–Crippen MR) is 109 cm³/mol. The van der Waals surface area contributed by atoms with E-state index in [1.54, 1.807) is 41.1 Å². The van der Waals surface area contributed by atoms with Crippen molar-refractivity contribution in [1.29, 1.82) is 0 Å². The van der Waals surface area contributed by atoms with Crippen LogP contribution in [0.4, 0.5) is 4.39 Å². The average Bonchev–Trinajstić information content (AvgIpc) is 2.94. The summed E-state index contributed by atoms with van der Waals surface area (Å²) in [5.74, 6) is -0.416. The van der Waals surface area contributed by atoms with Crippen LogP contribution in [-0.2, 0) is 16.6 Å². The van der Waals surface area contributed by atoms with E-state index in [1.165, 1.54) is 26.2 Å². The molecule has 0 amide bonds. The van der Waals surface area contributed by atoms with Crippen LogP contribution in [0.1, 0.15) is 0 Å². The smallest absolute Gasteiger partial charge is 0.242 e. The van der Waals surface area contributed by atoms with E-state index in [0.29, 0.717) is 22.2 Å². The van der Waals surface area contributed by atoms with Crippen molar-refractivity contribution in [2.45, 2.75) is 11.4 Å². The van der Waals surface area contributed by atoms with Crippen LogP contribution in [0.3, 0.4) is 0 Å². The number of aromatic nitrogens is 2. The molecule has 2 heterocycles. The zero-order valence-corrected chi connectivity index (χ0v) is 17.0. The lowest BCUT2D eigenvalue weighted by Crippen LogP contribution is -2.22. The number of nitrogens with two attached hydrogens (primary N) is 1. The molecular formula is C19H20ClFN4O2S. The Morgan fingerprint density at radius 2 is 2.07 bits per heavy atom. The van der Waals surface area contributed by atoms with E-state index < -0.39 is 15.9 Å². The van der Waals surface area contributed by atoms with Gasteiger partial charge in [-0.2, -0.15) is 0 Å². The van der Waals surface area contributed by atoms with Crippen molar-refractivity contribution in [1.82, 2.24) is 13.9 Å². The molecule has 0 radical (unpaired) electrons. The number of halogens is 2. The number of benzene rings is 1. The standard InChI is InChI=1S/C19H20ClFN4O2S/c1-24(2)28(26,27)15-6-3-5-13(11-15)17-18-16(7-4-10-23-18)25(19(17)20)12-14(21)8-9-22/h3-8,10-11H,9,12,22H2,1-2H3. The van der Waals surface area contributed by atoms with Crippen molar-refractivity contribution >= 4 is 32.7 Å². The van der Waals surface area contributed by atoms with E-state index in [2.05, 4.69) is 4.98 Å². The monoisotopic (exact) mass is 422 g/mol. The Kier molecular flexibility index (Phi) is 5.85. The normalized spacial score (nSPS) is 12.9. The van der Waals surface area contributed by atoms with Crippen molar-refractivity contribution in [3.05, 3.63) is 59.7 Å². The van der Waals surface area contributed by atoms with Crippen LogP contribution in [0.15, 0.2) is 59.4 Å². The molecule has 0 atom stereocenters. The number of sulfonamides is 1. The maximum absolute atomic E-state index is 14.1. The van der Waals surface area contributed by atoms with Gasteiger partial charge < -0.3 is 10.3 Å². The summed E-state index contributed by atoms with van der Waals surface area (Å²) in [5.41, 5.74) is 7.72. The molecule has 6 nitrogen and oxygen atoms in total. The van der Waals surface area contributed by atoms with E-state index >= 15 is 0 Å². The number of rotatable bonds is 6. The third-order valence-corrected chi connectivity index (χ3v) is 6.51. The predicted octanol–water partition coefficient (Wildman–Crippen LogP) is 3.42. The molecule has 1 aromatic carbocycles. The number of pyridine rings is 1. The van der Waals surface area contributed by atoms with Gasteiger partial charge in [0.2, 0.25) is 10.0 Å². The van der Waals surface area contributed by atoms with Crippen LogP contribution < -0.4 is 5.73 Å². The Bertz CT molecular complexity index is 1160. The Labute approximate surface area is 168 Å². The highest BCUT2D eigenvalue weighted by atomic mass is 35.5. The van der Waals surface area contributed by atoms with E-state index in [4.69, 9.17) is 17.3 Å². The quantitative estimate of drug-likeness (QED) is 0.660. The van der Waals surface area contributed by atoms with Gasteiger partial charge in [0.15, 0.2) is 0 Å². The molecule has 0 spiro atoms. The third-order valence-electron chi connectivity index (χ3n) is 4.31. The molecule has 0 bridgehead atoms. The molecule has 2 N–H and O–H groups in total. The second-order valence-electron chi connectivity index (χ2n) is 6.33. The SMILES string of the molecule is CN(C)S(=O)(=O)c1cccc(-c2c(Cl)n(CC(F)=CCN)c3cccnc23)c1. The fraction of sp³-hybridized carbons (Fsp3) is 0.211. The van der Waals surface area contributed by atoms with Gasteiger partial charge in [0.25, 0.3) is 0 Å². The highest BCUT2D eigenvalue weighted by molar-refractivity contribution is 7.89. The lowest BCUT2D eigenvalue weighted by atomic mass is 10.1. The molecule has 3 rings (SSSR count). The van der Waals surface area contributed by atoms with Gasteiger partial charge in [0, 0.05) is 32.4 Å². The average molecular weight is 423 g/mol. The van der Waals surface area contributed by atoms with E-state index in [1.807, 2.05) is 0 Å². The van der Waals surface area contributed by atoms with Crippen LogP contribution in [-0.4, -0.2) is 42.9 Å². The number of hydrogen-bond acceptors (Lipinski definition) is 4. The van der Waals surface area contributed by atoms with Crippen molar-refractivity contribution in [3.8, 4) is 11.1 Å². The minimum absolute atomic E-state index is 0.0815. The largest absolute Gasteiger partial charge is 0.327 e. The van der Waals surface area contributed by atoms with Gasteiger partial charge in [0.1, 0.15) is 11.0 Å². The van der Waals surface area contributed by atoms with Crippen LogP contribution in [0.5, 0.6) is 0 Å². The van der Waals surface area contributed by atoms with Crippen LogP contribution in [0, 0.1) is 0 Å². The molecule has 2 aromatic heterocycles. The number of allylic oxidation sites excluding steroid dienone is 1. The number of hydrogen-bond donors (Lipinski definition) is 1. The summed E-state index contributed by atoms with van der Waals surface area (Å²) in [6.07, 6.45) is 2.89. The molecule has 28 heavy (non-hydrogen) atoms. The van der Waals surface area contributed by atoms with Gasteiger partial charge in [0.05, 0.1) is 22.5 Å². The van der Waals surface area contributed by atoms with Gasteiger partial charge in [-0.1, -0.05) is 23.7 Å². The number of fused-ring (bicyclic) bond motifs is 1. The molecule has 0 aliphatic rings. The van der Waals surface area contributed by atoms with Crippen LogP contribution >= 0.6 is 11.6 Å². The van der Waals surface area contributed by atoms with Crippen molar-refractivity contribution in [2.24, 2.45) is 5.73 Å². The summed E-state index contributed by atoms with van der Waals surface area (Å²) in [7, 11) is -0.679. The highest BCUT2D eigenvalue weighted by Crippen LogP contribution is 2.38.